The molecule has 0 aromatic heterocycles. The molecule has 0 aliphatic rings. The zero-order valence-electron chi connectivity index (χ0n) is 11.7. The summed E-state index contributed by atoms with van der Waals surface area (Å²) in [5.41, 5.74) is 0. The molecule has 0 unspecified atom stereocenters. The predicted molar refractivity (Wildman–Crippen MR) is 74.9 cm³/mol. The quantitative estimate of drug-likeness (QED) is 0.366. The van der Waals surface area contributed by atoms with Crippen LogP contribution in [0.4, 0.5) is 0 Å². The Labute approximate surface area is 103 Å². The van der Waals surface area contributed by atoms with Gasteiger partial charge in [0.1, 0.15) is 0 Å². The summed E-state index contributed by atoms with van der Waals surface area (Å²) < 4.78 is 0. The molecule has 16 heavy (non-hydrogen) atoms. The molecule has 0 spiro atoms. The third kappa shape index (κ3) is 10.2. The van der Waals surface area contributed by atoms with Crippen LogP contribution in [0.2, 0.25) is 0 Å². The Kier molecular flexibility index (Phi) is 12.5. The maximum Gasteiger partial charge on any atom is 0.0163 e. The predicted octanol–water partition coefficient (Wildman–Crippen LogP) is 4.64. The van der Waals surface area contributed by atoms with E-state index in [9.17, 15) is 0 Å². The van der Waals surface area contributed by atoms with Gasteiger partial charge in [0.05, 0.1) is 0 Å². The van der Waals surface area contributed by atoms with Gasteiger partial charge in [-0.1, -0.05) is 58.6 Å². The molecular weight excluding hydrogens is 194 g/mol. The highest BCUT2D eigenvalue weighted by molar-refractivity contribution is 4.83. The van der Waals surface area contributed by atoms with Crippen molar-refractivity contribution < 1.29 is 0 Å². The van der Waals surface area contributed by atoms with E-state index in [-0.39, 0.29) is 0 Å². The van der Waals surface area contributed by atoms with Crippen molar-refractivity contribution in [2.75, 3.05) is 19.6 Å². The Morgan fingerprint density at radius 2 is 1.31 bits per heavy atom. The van der Waals surface area contributed by atoms with Gasteiger partial charge in [-0.05, 0) is 32.4 Å². The van der Waals surface area contributed by atoms with E-state index >= 15 is 0 Å². The highest BCUT2D eigenvalue weighted by Gasteiger charge is 2.01. The summed E-state index contributed by atoms with van der Waals surface area (Å²) in [7, 11) is 0. The molecule has 0 atom stereocenters. The van der Waals surface area contributed by atoms with Crippen LogP contribution in [0.25, 0.3) is 0 Å². The Morgan fingerprint density at radius 1 is 0.750 bits per heavy atom. The van der Waals surface area contributed by atoms with E-state index in [2.05, 4.69) is 37.8 Å². The third-order valence-corrected chi connectivity index (χ3v) is 2.92. The van der Waals surface area contributed by atoms with Gasteiger partial charge >= 0.3 is 0 Å². The van der Waals surface area contributed by atoms with E-state index in [1.807, 2.05) is 0 Å². The normalized spacial score (nSPS) is 11.8. The largest absolute Gasteiger partial charge is 0.300 e. The fourth-order valence-electron chi connectivity index (χ4n) is 1.86. The number of unbranched alkanes of at least 4 members (excludes halogenated alkanes) is 4. The summed E-state index contributed by atoms with van der Waals surface area (Å²) in [6, 6.07) is 0. The SMILES string of the molecule is CCC=CCN(CCCCC)CCCCC. The number of nitrogens with zero attached hydrogens (tertiary/aromatic N) is 1. The fraction of sp³-hybridized carbons (Fsp3) is 0.867. The zero-order valence-corrected chi connectivity index (χ0v) is 11.7. The fourth-order valence-corrected chi connectivity index (χ4v) is 1.86. The van der Waals surface area contributed by atoms with E-state index in [0.29, 0.717) is 0 Å². The van der Waals surface area contributed by atoms with Crippen molar-refractivity contribution in [1.82, 2.24) is 4.90 Å². The summed E-state index contributed by atoms with van der Waals surface area (Å²) in [4.78, 5) is 2.61. The highest BCUT2D eigenvalue weighted by atomic mass is 15.1. The second-order valence-electron chi connectivity index (χ2n) is 4.59. The van der Waals surface area contributed by atoms with Crippen LogP contribution < -0.4 is 0 Å². The Balaban J connectivity index is 3.71. The molecule has 0 amide bonds. The van der Waals surface area contributed by atoms with Gasteiger partial charge in [0, 0.05) is 6.54 Å². The van der Waals surface area contributed by atoms with Crippen molar-refractivity contribution in [3.05, 3.63) is 12.2 Å². The topological polar surface area (TPSA) is 3.24 Å². The molecule has 0 saturated carbocycles. The number of hydrogen-bond donors (Lipinski definition) is 0. The van der Waals surface area contributed by atoms with Gasteiger partial charge in [0.25, 0.3) is 0 Å². The Bertz CT molecular complexity index is 142. The number of allylic oxidation sites excluding steroid dienone is 1. The van der Waals surface area contributed by atoms with E-state index in [1.165, 1.54) is 51.6 Å². The van der Waals surface area contributed by atoms with Gasteiger partial charge in [0.2, 0.25) is 0 Å². The van der Waals surface area contributed by atoms with E-state index in [0.717, 1.165) is 13.0 Å². The minimum atomic E-state index is 1.15. The first kappa shape index (κ1) is 15.7. The molecular formula is C15H31N. The summed E-state index contributed by atoms with van der Waals surface area (Å²) in [6.07, 6.45) is 13.9. The highest BCUT2D eigenvalue weighted by Crippen LogP contribution is 2.03. The lowest BCUT2D eigenvalue weighted by molar-refractivity contribution is 0.288. The molecule has 1 nitrogen and oxygen atoms in total. The van der Waals surface area contributed by atoms with Crippen molar-refractivity contribution in [3.8, 4) is 0 Å². The molecule has 0 aliphatic heterocycles. The van der Waals surface area contributed by atoms with Gasteiger partial charge in [-0.3, -0.25) is 4.90 Å². The summed E-state index contributed by atoms with van der Waals surface area (Å²) in [5, 5.41) is 0. The summed E-state index contributed by atoms with van der Waals surface area (Å²) in [5.74, 6) is 0. The lowest BCUT2D eigenvalue weighted by Gasteiger charge is -2.20. The van der Waals surface area contributed by atoms with Crippen LogP contribution in [0.3, 0.4) is 0 Å². The minimum Gasteiger partial charge on any atom is -0.300 e. The summed E-state index contributed by atoms with van der Waals surface area (Å²) >= 11 is 0. The van der Waals surface area contributed by atoms with Crippen LogP contribution in [0.1, 0.15) is 65.7 Å². The van der Waals surface area contributed by atoms with Crippen LogP contribution in [0.5, 0.6) is 0 Å². The molecule has 0 rings (SSSR count). The monoisotopic (exact) mass is 225 g/mol. The molecule has 0 heterocycles. The second-order valence-corrected chi connectivity index (χ2v) is 4.59. The molecule has 0 aromatic carbocycles. The molecule has 0 radical (unpaired) electrons. The average molecular weight is 225 g/mol. The van der Waals surface area contributed by atoms with E-state index in [4.69, 9.17) is 0 Å². The van der Waals surface area contributed by atoms with Gasteiger partial charge in [0.15, 0.2) is 0 Å². The first-order valence-corrected chi connectivity index (χ1v) is 7.22. The van der Waals surface area contributed by atoms with Crippen LogP contribution in [-0.2, 0) is 0 Å². The van der Waals surface area contributed by atoms with Crippen molar-refractivity contribution >= 4 is 0 Å². The van der Waals surface area contributed by atoms with Crippen LogP contribution in [0.15, 0.2) is 12.2 Å². The lowest BCUT2D eigenvalue weighted by atomic mass is 10.2. The second kappa shape index (κ2) is 12.8. The van der Waals surface area contributed by atoms with Crippen molar-refractivity contribution in [1.29, 1.82) is 0 Å². The Hall–Kier alpha value is -0.300. The van der Waals surface area contributed by atoms with E-state index < -0.39 is 0 Å². The van der Waals surface area contributed by atoms with Crippen LogP contribution >= 0.6 is 0 Å². The number of rotatable bonds is 11. The van der Waals surface area contributed by atoms with Crippen LogP contribution in [-0.4, -0.2) is 24.5 Å². The average Bonchev–Trinajstić information content (AvgIpc) is 2.29. The number of hydrogen-bond acceptors (Lipinski definition) is 1. The standard InChI is InChI=1S/C15H31N/c1-4-7-10-13-16(14-11-8-5-2)15-12-9-6-3/h7,10H,4-6,8-9,11-15H2,1-3H3. The van der Waals surface area contributed by atoms with Gasteiger partial charge in [-0.15, -0.1) is 0 Å². The molecule has 96 valence electrons. The molecule has 0 saturated heterocycles. The molecule has 0 aliphatic carbocycles. The molecule has 0 bridgehead atoms. The van der Waals surface area contributed by atoms with E-state index in [1.54, 1.807) is 0 Å². The third-order valence-electron chi connectivity index (χ3n) is 2.92. The van der Waals surface area contributed by atoms with Crippen molar-refractivity contribution in [3.63, 3.8) is 0 Å². The van der Waals surface area contributed by atoms with Gasteiger partial charge in [-0.2, -0.15) is 0 Å². The molecule has 0 fully saturated rings. The summed E-state index contributed by atoms with van der Waals surface area (Å²) in [6.45, 7) is 10.5. The van der Waals surface area contributed by atoms with Gasteiger partial charge in [-0.25, -0.2) is 0 Å². The zero-order chi connectivity index (χ0) is 12.1. The van der Waals surface area contributed by atoms with Crippen molar-refractivity contribution in [2.45, 2.75) is 65.7 Å². The maximum atomic E-state index is 2.61. The Morgan fingerprint density at radius 3 is 1.75 bits per heavy atom. The lowest BCUT2D eigenvalue weighted by Crippen LogP contribution is -2.26. The minimum absolute atomic E-state index is 1.15. The first-order valence-electron chi connectivity index (χ1n) is 7.22. The van der Waals surface area contributed by atoms with Crippen LogP contribution in [0, 0.1) is 0 Å². The molecule has 0 N–H and O–H groups in total. The molecule has 1 heteroatoms. The maximum absolute atomic E-state index is 2.61. The first-order chi connectivity index (χ1) is 7.85. The van der Waals surface area contributed by atoms with Gasteiger partial charge < -0.3 is 0 Å². The smallest absolute Gasteiger partial charge is 0.0163 e. The molecule has 0 aromatic rings. The van der Waals surface area contributed by atoms with Crippen molar-refractivity contribution in [2.24, 2.45) is 0 Å².